The fraction of sp³-hybridized carbons (Fsp3) is 0.278. The topological polar surface area (TPSA) is 63.4 Å². The van der Waals surface area contributed by atoms with Crippen molar-refractivity contribution in [1.82, 2.24) is 4.90 Å². The van der Waals surface area contributed by atoms with Crippen LogP contribution in [0.3, 0.4) is 0 Å². The molecule has 3 rings (SSSR count). The molecule has 130 valence electrons. The minimum absolute atomic E-state index is 0.0761. The fourth-order valence-corrected chi connectivity index (χ4v) is 3.98. The molecule has 1 fully saturated rings. The molecule has 25 heavy (non-hydrogen) atoms. The highest BCUT2D eigenvalue weighted by Gasteiger charge is 2.23. The molecule has 1 aliphatic heterocycles. The van der Waals surface area contributed by atoms with Crippen molar-refractivity contribution < 1.29 is 9.72 Å². The minimum atomic E-state index is -0.452. The number of hydrogen-bond acceptors (Lipinski definition) is 4. The van der Waals surface area contributed by atoms with E-state index in [0.717, 1.165) is 24.2 Å². The van der Waals surface area contributed by atoms with Crippen LogP contribution in [0.2, 0.25) is 5.02 Å². The van der Waals surface area contributed by atoms with E-state index in [1.54, 1.807) is 29.2 Å². The molecule has 2 aromatic rings. The number of amides is 1. The van der Waals surface area contributed by atoms with Gasteiger partial charge in [0.1, 0.15) is 0 Å². The summed E-state index contributed by atoms with van der Waals surface area (Å²) in [6.45, 7) is 1.42. The normalized spacial score (nSPS) is 14.4. The van der Waals surface area contributed by atoms with E-state index >= 15 is 0 Å². The third kappa shape index (κ3) is 4.14. The number of nitro benzene ring substituents is 1. The first kappa shape index (κ1) is 17.8. The lowest BCUT2D eigenvalue weighted by Gasteiger charge is -2.26. The average molecular weight is 377 g/mol. The van der Waals surface area contributed by atoms with Crippen LogP contribution in [-0.2, 0) is 0 Å². The lowest BCUT2D eigenvalue weighted by molar-refractivity contribution is -0.387. The van der Waals surface area contributed by atoms with Crippen molar-refractivity contribution in [3.05, 3.63) is 63.2 Å². The molecule has 0 radical (unpaired) electrons. The van der Waals surface area contributed by atoms with Gasteiger partial charge in [0, 0.05) is 29.6 Å². The fourth-order valence-electron chi connectivity index (χ4n) is 2.80. The molecular formula is C18H17ClN2O3S. The first-order valence-electron chi connectivity index (χ1n) is 8.06. The number of halogens is 1. The number of benzene rings is 2. The number of hydrogen-bond donors (Lipinski definition) is 0. The van der Waals surface area contributed by atoms with Crippen molar-refractivity contribution in [3.8, 4) is 0 Å². The number of nitrogens with zero attached hydrogens (tertiary/aromatic N) is 2. The van der Waals surface area contributed by atoms with Gasteiger partial charge in [-0.15, -0.1) is 0 Å². The van der Waals surface area contributed by atoms with E-state index in [4.69, 9.17) is 11.6 Å². The van der Waals surface area contributed by atoms with E-state index in [1.165, 1.54) is 17.8 Å². The smallest absolute Gasteiger partial charge is 0.284 e. The Kier molecular flexibility index (Phi) is 5.60. The Morgan fingerprint density at radius 1 is 1.08 bits per heavy atom. The van der Waals surface area contributed by atoms with Crippen molar-refractivity contribution in [2.24, 2.45) is 0 Å². The van der Waals surface area contributed by atoms with Crippen LogP contribution in [-0.4, -0.2) is 28.8 Å². The molecule has 1 saturated heterocycles. The molecule has 1 heterocycles. The average Bonchev–Trinajstić information content (AvgIpc) is 2.64. The van der Waals surface area contributed by atoms with Crippen molar-refractivity contribution in [1.29, 1.82) is 0 Å². The highest BCUT2D eigenvalue weighted by Crippen LogP contribution is 2.38. The van der Waals surface area contributed by atoms with Gasteiger partial charge in [0.2, 0.25) is 0 Å². The van der Waals surface area contributed by atoms with Gasteiger partial charge in [-0.1, -0.05) is 35.5 Å². The second kappa shape index (κ2) is 7.89. The standard InChI is InChI=1S/C18H17ClN2O3S/c19-14-6-2-3-7-16(14)25-17-9-8-13(12-15(17)21(23)24)18(22)20-10-4-1-5-11-20/h2-3,6-9,12H,1,4-5,10-11H2. The number of likely N-dealkylation sites (tertiary alicyclic amines) is 1. The summed E-state index contributed by atoms with van der Waals surface area (Å²) in [7, 11) is 0. The molecule has 1 amide bonds. The van der Waals surface area contributed by atoms with Gasteiger partial charge in [0.25, 0.3) is 11.6 Å². The Morgan fingerprint density at radius 3 is 2.48 bits per heavy atom. The molecule has 1 aliphatic rings. The Morgan fingerprint density at radius 2 is 1.80 bits per heavy atom. The third-order valence-electron chi connectivity index (χ3n) is 4.10. The van der Waals surface area contributed by atoms with Gasteiger partial charge in [-0.05, 0) is 43.5 Å². The van der Waals surface area contributed by atoms with Gasteiger partial charge in [0.05, 0.1) is 14.8 Å². The second-order valence-electron chi connectivity index (χ2n) is 5.82. The Hall–Kier alpha value is -2.05. The third-order valence-corrected chi connectivity index (χ3v) is 5.69. The molecule has 0 N–H and O–H groups in total. The van der Waals surface area contributed by atoms with Crippen LogP contribution in [0.1, 0.15) is 29.6 Å². The maximum absolute atomic E-state index is 12.6. The van der Waals surface area contributed by atoms with Crippen LogP contribution in [0, 0.1) is 10.1 Å². The van der Waals surface area contributed by atoms with E-state index in [0.29, 0.717) is 28.6 Å². The second-order valence-corrected chi connectivity index (χ2v) is 7.32. The zero-order valence-electron chi connectivity index (χ0n) is 13.5. The largest absolute Gasteiger partial charge is 0.339 e. The van der Waals surface area contributed by atoms with Gasteiger partial charge in [0.15, 0.2) is 0 Å². The molecule has 0 unspecified atom stereocenters. The monoisotopic (exact) mass is 376 g/mol. The van der Waals surface area contributed by atoms with Gasteiger partial charge < -0.3 is 4.90 Å². The zero-order chi connectivity index (χ0) is 17.8. The summed E-state index contributed by atoms with van der Waals surface area (Å²) in [5.41, 5.74) is 0.282. The van der Waals surface area contributed by atoms with Gasteiger partial charge in [-0.25, -0.2) is 0 Å². The first-order valence-corrected chi connectivity index (χ1v) is 9.26. The molecule has 0 spiro atoms. The number of carbonyl (C=O) groups is 1. The summed E-state index contributed by atoms with van der Waals surface area (Å²) < 4.78 is 0. The van der Waals surface area contributed by atoms with E-state index < -0.39 is 4.92 Å². The van der Waals surface area contributed by atoms with Crippen molar-refractivity contribution in [2.75, 3.05) is 13.1 Å². The highest BCUT2D eigenvalue weighted by atomic mass is 35.5. The van der Waals surface area contributed by atoms with Crippen LogP contribution in [0.5, 0.6) is 0 Å². The highest BCUT2D eigenvalue weighted by molar-refractivity contribution is 7.99. The zero-order valence-corrected chi connectivity index (χ0v) is 15.1. The summed E-state index contributed by atoms with van der Waals surface area (Å²) in [5, 5.41) is 12.0. The molecule has 5 nitrogen and oxygen atoms in total. The molecule has 7 heteroatoms. The van der Waals surface area contributed by atoms with Crippen LogP contribution in [0.15, 0.2) is 52.3 Å². The summed E-state index contributed by atoms with van der Waals surface area (Å²) in [4.78, 5) is 26.6. The number of carbonyl (C=O) groups excluding carboxylic acids is 1. The molecular weight excluding hydrogens is 360 g/mol. The van der Waals surface area contributed by atoms with Crippen molar-refractivity contribution in [2.45, 2.75) is 29.1 Å². The molecule has 2 aromatic carbocycles. The number of piperidine rings is 1. The Balaban J connectivity index is 1.89. The molecule has 0 bridgehead atoms. The maximum Gasteiger partial charge on any atom is 0.284 e. The SMILES string of the molecule is O=C(c1ccc(Sc2ccccc2Cl)c([N+](=O)[O-])c1)N1CCCCC1. The van der Waals surface area contributed by atoms with Crippen molar-refractivity contribution in [3.63, 3.8) is 0 Å². The first-order chi connectivity index (χ1) is 12.1. The van der Waals surface area contributed by atoms with Gasteiger partial charge in [-0.3, -0.25) is 14.9 Å². The van der Waals surface area contributed by atoms with Crippen LogP contribution >= 0.6 is 23.4 Å². The van der Waals surface area contributed by atoms with E-state index in [9.17, 15) is 14.9 Å². The molecule has 0 saturated carbocycles. The molecule has 0 aliphatic carbocycles. The van der Waals surface area contributed by atoms with Crippen LogP contribution in [0.25, 0.3) is 0 Å². The predicted octanol–water partition coefficient (Wildman–Crippen LogP) is 5.03. The summed E-state index contributed by atoms with van der Waals surface area (Å²) >= 11 is 7.36. The van der Waals surface area contributed by atoms with E-state index in [-0.39, 0.29) is 11.6 Å². The lowest BCUT2D eigenvalue weighted by atomic mass is 10.1. The lowest BCUT2D eigenvalue weighted by Crippen LogP contribution is -2.35. The molecule has 0 atom stereocenters. The number of rotatable bonds is 4. The van der Waals surface area contributed by atoms with Gasteiger partial charge in [-0.2, -0.15) is 0 Å². The number of nitro groups is 1. The van der Waals surface area contributed by atoms with E-state index in [1.807, 2.05) is 12.1 Å². The summed E-state index contributed by atoms with van der Waals surface area (Å²) in [6, 6.07) is 11.8. The summed E-state index contributed by atoms with van der Waals surface area (Å²) in [6.07, 6.45) is 3.08. The Bertz CT molecular complexity index is 807. The minimum Gasteiger partial charge on any atom is -0.339 e. The Labute approximate surface area is 155 Å². The summed E-state index contributed by atoms with van der Waals surface area (Å²) in [5.74, 6) is -0.142. The van der Waals surface area contributed by atoms with Gasteiger partial charge >= 0.3 is 0 Å². The quantitative estimate of drug-likeness (QED) is 0.554. The van der Waals surface area contributed by atoms with Crippen molar-refractivity contribution >= 4 is 35.0 Å². The van der Waals surface area contributed by atoms with E-state index in [2.05, 4.69) is 0 Å². The maximum atomic E-state index is 12.6. The molecule has 0 aromatic heterocycles. The van der Waals surface area contributed by atoms with Crippen LogP contribution in [0.4, 0.5) is 5.69 Å². The van der Waals surface area contributed by atoms with Crippen LogP contribution < -0.4 is 0 Å². The predicted molar refractivity (Wildman–Crippen MR) is 98.4 cm³/mol.